The molecule has 0 spiro atoms. The van der Waals surface area contributed by atoms with Crippen molar-refractivity contribution in [1.82, 2.24) is 0 Å². The van der Waals surface area contributed by atoms with E-state index in [0.717, 1.165) is 0 Å². The molecule has 0 bridgehead atoms. The molecule has 4 aromatic carbocycles. The predicted octanol–water partition coefficient (Wildman–Crippen LogP) is 7.70. The van der Waals surface area contributed by atoms with Crippen molar-refractivity contribution in [3.8, 4) is 11.1 Å². The molecule has 0 aliphatic rings. The summed E-state index contributed by atoms with van der Waals surface area (Å²) in [5.41, 5.74) is 3.08. The molecule has 176 valence electrons. The Morgan fingerprint density at radius 1 is 0.485 bits per heavy atom. The van der Waals surface area contributed by atoms with Gasteiger partial charge in [-0.05, 0) is 51.3 Å². The van der Waals surface area contributed by atoms with Gasteiger partial charge in [-0.2, -0.15) is 0 Å². The number of hydrogen-bond donors (Lipinski definition) is 2. The highest BCUT2D eigenvalue weighted by molar-refractivity contribution is 14.1. The second-order valence-electron chi connectivity index (χ2n) is 5.81. The lowest BCUT2D eigenvalue weighted by atomic mass is 9.81. The molecule has 0 fully saturated rings. The van der Waals surface area contributed by atoms with E-state index in [0.29, 0.717) is 5.46 Å². The van der Waals surface area contributed by atoms with Gasteiger partial charge in [0.1, 0.15) is 0 Å². The van der Waals surface area contributed by atoms with Gasteiger partial charge in [0.15, 0.2) is 0 Å². The third-order valence-corrected chi connectivity index (χ3v) is 4.43. The average molecular weight is 556 g/mol. The Bertz CT molecular complexity index is 850. The van der Waals surface area contributed by atoms with Gasteiger partial charge in [-0.15, -0.1) is 0 Å². The first-order chi connectivity index (χ1) is 15.7. The van der Waals surface area contributed by atoms with Crippen molar-refractivity contribution in [2.24, 2.45) is 0 Å². The van der Waals surface area contributed by atoms with E-state index in [9.17, 15) is 0 Å². The van der Waals surface area contributed by atoms with Crippen LogP contribution in [-0.4, -0.2) is 17.2 Å². The molecule has 4 heteroatoms. The predicted molar refractivity (Wildman–Crippen MR) is 157 cm³/mol. The summed E-state index contributed by atoms with van der Waals surface area (Å²) >= 11 is 2.28. The maximum atomic E-state index is 8.58. The smallest absolute Gasteiger partial charge is 0.423 e. The summed E-state index contributed by atoms with van der Waals surface area (Å²) in [7, 11) is -1.34. The summed E-state index contributed by atoms with van der Waals surface area (Å²) in [6.45, 7) is 8.00. The van der Waals surface area contributed by atoms with Crippen LogP contribution in [0.4, 0.5) is 0 Å². The monoisotopic (exact) mass is 556 g/mol. The number of benzene rings is 4. The molecule has 2 N–H and O–H groups in total. The molecule has 33 heavy (non-hydrogen) atoms. The second-order valence-corrected chi connectivity index (χ2v) is 7.06. The van der Waals surface area contributed by atoms with E-state index in [1.54, 1.807) is 24.3 Å². The lowest BCUT2D eigenvalue weighted by Gasteiger charge is -1.98. The van der Waals surface area contributed by atoms with Crippen LogP contribution in [0.25, 0.3) is 11.1 Å². The zero-order valence-electron chi connectivity index (χ0n) is 19.4. The molecule has 0 radical (unpaired) electrons. The minimum atomic E-state index is -1.34. The quantitative estimate of drug-likeness (QED) is 0.196. The molecule has 0 aliphatic heterocycles. The van der Waals surface area contributed by atoms with Gasteiger partial charge >= 0.3 is 7.12 Å². The fourth-order valence-electron chi connectivity index (χ4n) is 2.30. The van der Waals surface area contributed by atoms with Gasteiger partial charge in [0, 0.05) is 3.57 Å². The van der Waals surface area contributed by atoms with Crippen LogP contribution in [0.1, 0.15) is 35.1 Å². The lowest BCUT2D eigenvalue weighted by Crippen LogP contribution is -2.29. The Kier molecular flexibility index (Phi) is 22.6. The minimum Gasteiger partial charge on any atom is -0.423 e. The molecule has 4 rings (SSSR count). The summed E-state index contributed by atoms with van der Waals surface area (Å²) in [4.78, 5) is 0. The molecular formula is C29H38BIO2. The van der Waals surface area contributed by atoms with Gasteiger partial charge in [0.05, 0.1) is 0 Å². The number of halogens is 1. The Labute approximate surface area is 215 Å². The van der Waals surface area contributed by atoms with Gasteiger partial charge < -0.3 is 10.0 Å². The van der Waals surface area contributed by atoms with Crippen LogP contribution in [0.2, 0.25) is 0 Å². The first kappa shape index (κ1) is 32.8. The van der Waals surface area contributed by atoms with E-state index < -0.39 is 7.12 Å². The number of rotatable bonds is 2. The second kappa shape index (κ2) is 22.8. The summed E-state index contributed by atoms with van der Waals surface area (Å²) < 4.78 is 1.29. The molecule has 0 unspecified atom stereocenters. The van der Waals surface area contributed by atoms with Crippen molar-refractivity contribution in [2.75, 3.05) is 0 Å². The van der Waals surface area contributed by atoms with Crippen LogP contribution in [0.3, 0.4) is 0 Å². The Morgan fingerprint density at radius 2 is 0.758 bits per heavy atom. The molecule has 0 saturated carbocycles. The highest BCUT2D eigenvalue weighted by atomic mass is 127. The summed E-state index contributed by atoms with van der Waals surface area (Å²) in [6, 6.07) is 39.7. The standard InChI is InChI=1S/C12H10.C6H7BO2.C6H5I.2C2H6.CH4/c1-3-7-11(8-4-1)12-9-5-2-6-10-12;8-7(9)6-4-2-1-3-5-6;7-6-4-2-1-3-5-6;2*1-2;/h1-10H;1-5,8-9H;1-5H;2*1-2H3;1H4. The molecule has 0 atom stereocenters. The minimum absolute atomic E-state index is 0. The topological polar surface area (TPSA) is 40.5 Å². The van der Waals surface area contributed by atoms with Gasteiger partial charge in [-0.1, -0.05) is 144 Å². The van der Waals surface area contributed by atoms with E-state index in [2.05, 4.69) is 83.3 Å². The Morgan fingerprint density at radius 3 is 0.970 bits per heavy atom. The third-order valence-electron chi connectivity index (χ3n) is 3.71. The van der Waals surface area contributed by atoms with Gasteiger partial charge in [0.25, 0.3) is 0 Å². The van der Waals surface area contributed by atoms with Gasteiger partial charge in [-0.3, -0.25) is 0 Å². The van der Waals surface area contributed by atoms with Crippen LogP contribution >= 0.6 is 22.6 Å². The molecule has 2 nitrogen and oxygen atoms in total. The molecule has 0 amide bonds. The number of hydrogen-bond acceptors (Lipinski definition) is 2. The van der Waals surface area contributed by atoms with E-state index in [1.807, 2.05) is 64.1 Å². The SMILES string of the molecule is C.CC.CC.Ic1ccccc1.OB(O)c1ccccc1.c1ccc(-c2ccccc2)cc1. The molecule has 4 aromatic rings. The van der Waals surface area contributed by atoms with Crippen LogP contribution in [0.15, 0.2) is 121 Å². The normalized spacial score (nSPS) is 8.21. The summed E-state index contributed by atoms with van der Waals surface area (Å²) in [5, 5.41) is 17.2. The summed E-state index contributed by atoms with van der Waals surface area (Å²) in [5.74, 6) is 0. The van der Waals surface area contributed by atoms with Crippen molar-refractivity contribution < 1.29 is 10.0 Å². The van der Waals surface area contributed by atoms with Crippen molar-refractivity contribution in [2.45, 2.75) is 35.1 Å². The highest BCUT2D eigenvalue weighted by Crippen LogP contribution is 2.17. The molecule has 0 heterocycles. The molecular weight excluding hydrogens is 518 g/mol. The van der Waals surface area contributed by atoms with Crippen LogP contribution in [0, 0.1) is 3.57 Å². The largest absolute Gasteiger partial charge is 0.488 e. The van der Waals surface area contributed by atoms with E-state index in [1.165, 1.54) is 14.7 Å². The van der Waals surface area contributed by atoms with Crippen LogP contribution in [-0.2, 0) is 0 Å². The molecule has 0 saturated heterocycles. The fourth-order valence-corrected chi connectivity index (χ4v) is 2.72. The van der Waals surface area contributed by atoms with E-state index in [-0.39, 0.29) is 7.43 Å². The molecule has 0 aliphatic carbocycles. The van der Waals surface area contributed by atoms with Gasteiger partial charge in [-0.25, -0.2) is 0 Å². The van der Waals surface area contributed by atoms with E-state index >= 15 is 0 Å². The van der Waals surface area contributed by atoms with Gasteiger partial charge in [0.2, 0.25) is 0 Å². The van der Waals surface area contributed by atoms with Crippen LogP contribution in [0.5, 0.6) is 0 Å². The fraction of sp³-hybridized carbons (Fsp3) is 0.172. The zero-order valence-corrected chi connectivity index (χ0v) is 21.6. The first-order valence-electron chi connectivity index (χ1n) is 10.9. The third kappa shape index (κ3) is 15.9. The first-order valence-corrected chi connectivity index (χ1v) is 12.0. The maximum Gasteiger partial charge on any atom is 0.488 e. The van der Waals surface area contributed by atoms with Crippen LogP contribution < -0.4 is 5.46 Å². The van der Waals surface area contributed by atoms with E-state index in [4.69, 9.17) is 10.0 Å². The van der Waals surface area contributed by atoms with Crippen molar-refractivity contribution >= 4 is 35.2 Å². The Balaban J connectivity index is 0. The summed E-state index contributed by atoms with van der Waals surface area (Å²) in [6.07, 6.45) is 0. The van der Waals surface area contributed by atoms with Crippen molar-refractivity contribution in [1.29, 1.82) is 0 Å². The zero-order chi connectivity index (χ0) is 24.0. The lowest BCUT2D eigenvalue weighted by molar-refractivity contribution is 0.426. The molecule has 0 aromatic heterocycles. The Hall–Kier alpha value is -2.41. The van der Waals surface area contributed by atoms with Crippen molar-refractivity contribution in [3.63, 3.8) is 0 Å². The average Bonchev–Trinajstić information content (AvgIpc) is 2.89. The van der Waals surface area contributed by atoms with Crippen molar-refractivity contribution in [3.05, 3.63) is 125 Å². The maximum absolute atomic E-state index is 8.58. The highest BCUT2D eigenvalue weighted by Gasteiger charge is 2.07.